The van der Waals surface area contributed by atoms with E-state index in [1.807, 2.05) is 0 Å². The molecule has 1 aromatic heterocycles. The van der Waals surface area contributed by atoms with E-state index in [0.717, 1.165) is 4.70 Å². The lowest BCUT2D eigenvalue weighted by Gasteiger charge is -2.35. The van der Waals surface area contributed by atoms with Gasteiger partial charge in [0.25, 0.3) is 0 Å². The van der Waals surface area contributed by atoms with Crippen molar-refractivity contribution in [2.75, 3.05) is 0 Å². The second-order valence-corrected chi connectivity index (χ2v) is 6.27. The number of benzene rings is 1. The minimum absolute atomic E-state index is 0.0955. The largest absolute Gasteiger partial charge is 0.483 e. The fourth-order valence-corrected chi connectivity index (χ4v) is 3.14. The monoisotopic (exact) mass is 335 g/mol. The van der Waals surface area contributed by atoms with Crippen LogP contribution in [0.2, 0.25) is 4.47 Å². The molecule has 4 nitrogen and oxygen atoms in total. The zero-order valence-corrected chi connectivity index (χ0v) is 12.3. The van der Waals surface area contributed by atoms with Gasteiger partial charge in [-0.2, -0.15) is 0 Å². The molecule has 0 N–H and O–H groups in total. The summed E-state index contributed by atoms with van der Waals surface area (Å²) in [4.78, 5) is 14.7. The minimum atomic E-state index is -0.881. The number of ether oxygens (including phenoxy) is 2. The van der Waals surface area contributed by atoms with Crippen molar-refractivity contribution >= 4 is 50.2 Å². The molecule has 1 fully saturated rings. The Labute approximate surface area is 127 Å². The molecule has 0 amide bonds. The van der Waals surface area contributed by atoms with E-state index in [1.54, 1.807) is 6.07 Å². The van der Waals surface area contributed by atoms with Crippen LogP contribution < -0.4 is 4.74 Å². The summed E-state index contributed by atoms with van der Waals surface area (Å²) in [6.45, 7) is 0. The summed E-state index contributed by atoms with van der Waals surface area (Å²) in [5.41, 5.74) is -0.393. The van der Waals surface area contributed by atoms with Crippen molar-refractivity contribution in [3.63, 3.8) is 0 Å². The molecule has 20 heavy (non-hydrogen) atoms. The Morgan fingerprint density at radius 3 is 2.80 bits per heavy atom. The third-order valence-electron chi connectivity index (χ3n) is 3.09. The van der Waals surface area contributed by atoms with E-state index >= 15 is 0 Å². The van der Waals surface area contributed by atoms with Crippen LogP contribution in [0.1, 0.15) is 12.8 Å². The van der Waals surface area contributed by atoms with Gasteiger partial charge in [-0.05, 0) is 12.8 Å². The Balaban J connectivity index is 1.80. The van der Waals surface area contributed by atoms with Crippen LogP contribution in [-0.4, -0.2) is 22.6 Å². The van der Waals surface area contributed by atoms with Gasteiger partial charge in [0.2, 0.25) is 0 Å². The van der Waals surface area contributed by atoms with Gasteiger partial charge < -0.3 is 9.47 Å². The van der Waals surface area contributed by atoms with Crippen molar-refractivity contribution in [2.24, 2.45) is 0 Å². The summed E-state index contributed by atoms with van der Waals surface area (Å²) >= 11 is 12.2. The van der Waals surface area contributed by atoms with E-state index in [9.17, 15) is 9.18 Å². The molecule has 0 unspecified atom stereocenters. The van der Waals surface area contributed by atoms with Gasteiger partial charge in [-0.25, -0.2) is 14.2 Å². The SMILES string of the molecule is O=C(Cl)O[C@@H]1CC[C@@H]1Oc1cc2sc(Cl)nc2cc1F. The van der Waals surface area contributed by atoms with Gasteiger partial charge in [-0.15, -0.1) is 11.3 Å². The van der Waals surface area contributed by atoms with Gasteiger partial charge in [0.1, 0.15) is 12.2 Å². The molecule has 3 rings (SSSR count). The van der Waals surface area contributed by atoms with Crippen LogP contribution >= 0.6 is 34.5 Å². The summed E-state index contributed by atoms with van der Waals surface area (Å²) in [6.07, 6.45) is 0.517. The normalized spacial score (nSPS) is 21.6. The summed E-state index contributed by atoms with van der Waals surface area (Å²) in [6, 6.07) is 2.82. The predicted molar refractivity (Wildman–Crippen MR) is 74.4 cm³/mol. The molecular weight excluding hydrogens is 328 g/mol. The molecule has 1 aliphatic rings. The van der Waals surface area contributed by atoms with E-state index in [1.165, 1.54) is 17.4 Å². The third-order valence-corrected chi connectivity index (χ3v) is 4.30. The van der Waals surface area contributed by atoms with Gasteiger partial charge in [0.05, 0.1) is 10.2 Å². The molecule has 0 bridgehead atoms. The fraction of sp³-hybridized carbons (Fsp3) is 0.333. The standard InChI is InChI=1S/C12H8Cl2FNO3S/c13-11-16-6-3-5(15)9(4-10(6)20-11)18-7-1-2-8(7)19-12(14)17/h3-4,7-8H,1-2H2/t7-,8+/m0/s1. The second-order valence-electron chi connectivity index (χ2n) is 4.34. The second kappa shape index (κ2) is 5.35. The van der Waals surface area contributed by atoms with E-state index in [4.69, 9.17) is 32.7 Å². The first-order valence-corrected chi connectivity index (χ1v) is 7.38. The highest BCUT2D eigenvalue weighted by atomic mass is 35.5. The maximum atomic E-state index is 13.9. The number of carbonyl (C=O) groups is 1. The van der Waals surface area contributed by atoms with Crippen molar-refractivity contribution in [3.05, 3.63) is 22.4 Å². The fourth-order valence-electron chi connectivity index (χ4n) is 1.98. The van der Waals surface area contributed by atoms with Gasteiger partial charge in [-0.3, -0.25) is 0 Å². The van der Waals surface area contributed by atoms with Crippen LogP contribution in [0.25, 0.3) is 10.2 Å². The molecule has 1 saturated carbocycles. The van der Waals surface area contributed by atoms with Crippen molar-refractivity contribution in [1.29, 1.82) is 0 Å². The molecule has 0 radical (unpaired) electrons. The van der Waals surface area contributed by atoms with Crippen LogP contribution in [0.5, 0.6) is 5.75 Å². The lowest BCUT2D eigenvalue weighted by atomic mass is 9.92. The van der Waals surface area contributed by atoms with E-state index in [0.29, 0.717) is 22.8 Å². The zero-order chi connectivity index (χ0) is 14.3. The van der Waals surface area contributed by atoms with Crippen molar-refractivity contribution in [1.82, 2.24) is 4.98 Å². The van der Waals surface area contributed by atoms with Crippen LogP contribution in [-0.2, 0) is 4.74 Å². The van der Waals surface area contributed by atoms with Crippen LogP contribution in [0, 0.1) is 5.82 Å². The topological polar surface area (TPSA) is 48.4 Å². The molecule has 2 aromatic rings. The number of hydrogen-bond donors (Lipinski definition) is 0. The Bertz CT molecular complexity index is 678. The van der Waals surface area contributed by atoms with Crippen LogP contribution in [0.15, 0.2) is 12.1 Å². The third kappa shape index (κ3) is 2.68. The highest BCUT2D eigenvalue weighted by Crippen LogP contribution is 2.34. The number of rotatable bonds is 3. The van der Waals surface area contributed by atoms with E-state index in [2.05, 4.69) is 4.98 Å². The average Bonchev–Trinajstić information content (AvgIpc) is 2.70. The number of hydrogen-bond acceptors (Lipinski definition) is 5. The predicted octanol–water partition coefficient (Wildman–Crippen LogP) is 4.37. The molecule has 8 heteroatoms. The quantitative estimate of drug-likeness (QED) is 0.781. The number of carbonyl (C=O) groups excluding carboxylic acids is 1. The van der Waals surface area contributed by atoms with Crippen LogP contribution in [0.4, 0.5) is 9.18 Å². The first kappa shape index (κ1) is 13.9. The van der Waals surface area contributed by atoms with E-state index in [-0.39, 0.29) is 11.9 Å². The first-order valence-electron chi connectivity index (χ1n) is 5.81. The molecule has 1 heterocycles. The zero-order valence-electron chi connectivity index (χ0n) is 9.94. The molecule has 106 valence electrons. The average molecular weight is 336 g/mol. The lowest BCUT2D eigenvalue weighted by molar-refractivity contribution is -0.0396. The lowest BCUT2D eigenvalue weighted by Crippen LogP contribution is -2.44. The maximum absolute atomic E-state index is 13.9. The minimum Gasteiger partial charge on any atom is -0.483 e. The molecule has 0 spiro atoms. The molecule has 1 aliphatic carbocycles. The van der Waals surface area contributed by atoms with Crippen molar-refractivity contribution < 1.29 is 18.7 Å². The molecule has 0 aliphatic heterocycles. The maximum Gasteiger partial charge on any atom is 0.404 e. The Morgan fingerprint density at radius 2 is 2.15 bits per heavy atom. The number of thiazole rings is 1. The van der Waals surface area contributed by atoms with Gasteiger partial charge in [0.15, 0.2) is 16.0 Å². The van der Waals surface area contributed by atoms with Gasteiger partial charge in [0, 0.05) is 23.7 Å². The van der Waals surface area contributed by atoms with Gasteiger partial charge >= 0.3 is 5.43 Å². The molecule has 2 atom stereocenters. The van der Waals surface area contributed by atoms with Crippen LogP contribution in [0.3, 0.4) is 0 Å². The Hall–Kier alpha value is -1.11. The number of halogens is 3. The molecule has 1 aromatic carbocycles. The highest BCUT2D eigenvalue weighted by Gasteiger charge is 2.36. The first-order chi connectivity index (χ1) is 9.52. The smallest absolute Gasteiger partial charge is 0.404 e. The Kier molecular flexibility index (Phi) is 3.70. The van der Waals surface area contributed by atoms with Gasteiger partial charge in [-0.1, -0.05) is 11.6 Å². The molecule has 0 saturated heterocycles. The van der Waals surface area contributed by atoms with E-state index < -0.39 is 17.3 Å². The summed E-state index contributed by atoms with van der Waals surface area (Å²) in [5.74, 6) is -0.430. The summed E-state index contributed by atoms with van der Waals surface area (Å²) in [5, 5.41) is 0. The highest BCUT2D eigenvalue weighted by molar-refractivity contribution is 7.22. The summed E-state index contributed by atoms with van der Waals surface area (Å²) < 4.78 is 25.4. The van der Waals surface area contributed by atoms with Crippen molar-refractivity contribution in [2.45, 2.75) is 25.0 Å². The van der Waals surface area contributed by atoms with Crippen molar-refractivity contribution in [3.8, 4) is 5.75 Å². The number of fused-ring (bicyclic) bond motifs is 1. The number of aromatic nitrogens is 1. The Morgan fingerprint density at radius 1 is 1.40 bits per heavy atom. The summed E-state index contributed by atoms with van der Waals surface area (Å²) in [7, 11) is 0. The molecular formula is C12H8Cl2FNO3S. The number of nitrogens with zero attached hydrogens (tertiary/aromatic N) is 1.